The number of pyridine rings is 1. The summed E-state index contributed by atoms with van der Waals surface area (Å²) in [4.78, 5) is 34.0. The Balaban J connectivity index is 1.38. The Morgan fingerprint density at radius 1 is 1.10 bits per heavy atom. The smallest absolute Gasteiger partial charge is 0.273 e. The maximum atomic E-state index is 13.0. The molecule has 0 saturated carbocycles. The van der Waals surface area contributed by atoms with E-state index in [1.54, 1.807) is 17.2 Å². The van der Waals surface area contributed by atoms with Crippen LogP contribution in [0.4, 0.5) is 11.5 Å². The second kappa shape index (κ2) is 9.32. The Labute approximate surface area is 188 Å². The van der Waals surface area contributed by atoms with Crippen LogP contribution in [-0.2, 0) is 6.54 Å². The molecule has 3 N–H and O–H groups in total. The Morgan fingerprint density at radius 3 is 2.55 bits per heavy atom. The van der Waals surface area contributed by atoms with E-state index in [-0.39, 0.29) is 28.7 Å². The summed E-state index contributed by atoms with van der Waals surface area (Å²) in [6.07, 6.45) is 1.75. The molecule has 1 aromatic carbocycles. The first-order valence-corrected chi connectivity index (χ1v) is 10.9. The van der Waals surface area contributed by atoms with Gasteiger partial charge in [0, 0.05) is 43.9 Å². The van der Waals surface area contributed by atoms with Crippen molar-refractivity contribution in [1.82, 2.24) is 19.6 Å². The van der Waals surface area contributed by atoms with E-state index in [1.165, 1.54) is 0 Å². The van der Waals surface area contributed by atoms with Gasteiger partial charge in [0.25, 0.3) is 11.8 Å². The molecule has 10 heteroatoms. The van der Waals surface area contributed by atoms with Crippen LogP contribution >= 0.6 is 23.1 Å². The van der Waals surface area contributed by atoms with Gasteiger partial charge in [-0.1, -0.05) is 35.9 Å². The number of aromatic nitrogens is 2. The van der Waals surface area contributed by atoms with E-state index < -0.39 is 5.91 Å². The number of rotatable bonds is 5. The summed E-state index contributed by atoms with van der Waals surface area (Å²) >= 11 is 7.07. The lowest BCUT2D eigenvalue weighted by molar-refractivity contribution is 0.0752. The van der Waals surface area contributed by atoms with Crippen molar-refractivity contribution in [1.29, 1.82) is 0 Å². The fraction of sp³-hybridized carbons (Fsp3) is 0.238. The van der Waals surface area contributed by atoms with Crippen molar-refractivity contribution in [3.63, 3.8) is 0 Å². The molecule has 1 aliphatic rings. The average molecular weight is 457 g/mol. The van der Waals surface area contributed by atoms with Crippen LogP contribution in [0.2, 0.25) is 5.02 Å². The van der Waals surface area contributed by atoms with Gasteiger partial charge in [0.15, 0.2) is 5.69 Å². The van der Waals surface area contributed by atoms with E-state index in [1.807, 2.05) is 36.4 Å². The standard InChI is InChI=1S/C21H21ClN6O2S/c22-15-6-2-1-5-14(15)13-25-20(29)18-17(23)19(31-26-18)21(30)28-11-9-27(10-12-28)16-7-3-4-8-24-16/h1-8H,9-13,23H2,(H,25,29). The largest absolute Gasteiger partial charge is 0.395 e. The number of halogens is 1. The van der Waals surface area contributed by atoms with Crippen molar-refractivity contribution < 1.29 is 9.59 Å². The Hall–Kier alpha value is -3.17. The lowest BCUT2D eigenvalue weighted by atomic mass is 10.2. The second-order valence-electron chi connectivity index (χ2n) is 7.02. The zero-order valence-electron chi connectivity index (χ0n) is 16.6. The van der Waals surface area contributed by atoms with E-state index in [0.29, 0.717) is 31.2 Å². The number of hydrogen-bond acceptors (Lipinski definition) is 7. The minimum absolute atomic E-state index is 0.0625. The van der Waals surface area contributed by atoms with Crippen molar-refractivity contribution in [2.75, 3.05) is 36.8 Å². The predicted molar refractivity (Wildman–Crippen MR) is 122 cm³/mol. The van der Waals surface area contributed by atoms with E-state index in [9.17, 15) is 9.59 Å². The molecule has 0 aliphatic carbocycles. The third-order valence-corrected chi connectivity index (χ3v) is 6.29. The quantitative estimate of drug-likeness (QED) is 0.611. The summed E-state index contributed by atoms with van der Waals surface area (Å²) in [5, 5.41) is 3.32. The van der Waals surface area contributed by atoms with Gasteiger partial charge >= 0.3 is 0 Å². The van der Waals surface area contributed by atoms with Crippen LogP contribution < -0.4 is 16.0 Å². The molecule has 0 unspecified atom stereocenters. The van der Waals surface area contributed by atoms with Crippen LogP contribution in [0.1, 0.15) is 25.7 Å². The van der Waals surface area contributed by atoms with Crippen LogP contribution in [0.5, 0.6) is 0 Å². The Morgan fingerprint density at radius 2 is 1.84 bits per heavy atom. The molecule has 0 spiro atoms. The molecule has 3 heterocycles. The minimum Gasteiger partial charge on any atom is -0.395 e. The zero-order chi connectivity index (χ0) is 21.8. The van der Waals surface area contributed by atoms with Crippen molar-refractivity contribution >= 4 is 46.5 Å². The molecule has 8 nitrogen and oxygen atoms in total. The van der Waals surface area contributed by atoms with Gasteiger partial charge in [0.2, 0.25) is 0 Å². The Kier molecular flexibility index (Phi) is 6.34. The van der Waals surface area contributed by atoms with E-state index in [2.05, 4.69) is 19.6 Å². The number of anilines is 2. The number of hydrogen-bond donors (Lipinski definition) is 2. The number of amides is 2. The lowest BCUT2D eigenvalue weighted by Gasteiger charge is -2.35. The third-order valence-electron chi connectivity index (χ3n) is 5.07. The van der Waals surface area contributed by atoms with E-state index in [4.69, 9.17) is 17.3 Å². The maximum Gasteiger partial charge on any atom is 0.273 e. The number of piperazine rings is 1. The molecule has 0 atom stereocenters. The predicted octanol–water partition coefficient (Wildman–Crippen LogP) is 2.67. The molecule has 2 aromatic heterocycles. The highest BCUT2D eigenvalue weighted by Crippen LogP contribution is 2.25. The second-order valence-corrected chi connectivity index (χ2v) is 8.20. The molecule has 0 radical (unpaired) electrons. The van der Waals surface area contributed by atoms with Crippen molar-refractivity contribution in [3.05, 3.63) is 69.8 Å². The lowest BCUT2D eigenvalue weighted by Crippen LogP contribution is -2.49. The summed E-state index contributed by atoms with van der Waals surface area (Å²) in [6.45, 7) is 2.68. The SMILES string of the molecule is Nc1c(C(=O)NCc2ccccc2Cl)nsc1C(=O)N1CCN(c2ccccn2)CC1. The van der Waals surface area contributed by atoms with Gasteiger partial charge in [-0.3, -0.25) is 9.59 Å². The van der Waals surface area contributed by atoms with Crippen LogP contribution in [0.3, 0.4) is 0 Å². The van der Waals surface area contributed by atoms with Gasteiger partial charge in [-0.05, 0) is 35.3 Å². The van der Waals surface area contributed by atoms with Crippen LogP contribution in [0, 0.1) is 0 Å². The fourth-order valence-corrected chi connectivity index (χ4v) is 4.31. The highest BCUT2D eigenvalue weighted by Gasteiger charge is 2.28. The first kappa shape index (κ1) is 21.1. The molecule has 0 bridgehead atoms. The number of nitrogen functional groups attached to an aromatic ring is 1. The number of nitrogens with zero attached hydrogens (tertiary/aromatic N) is 4. The highest BCUT2D eigenvalue weighted by atomic mass is 35.5. The normalized spacial score (nSPS) is 13.8. The van der Waals surface area contributed by atoms with Crippen molar-refractivity contribution in [2.45, 2.75) is 6.54 Å². The highest BCUT2D eigenvalue weighted by molar-refractivity contribution is 7.09. The topological polar surface area (TPSA) is 104 Å². The van der Waals surface area contributed by atoms with Gasteiger partial charge in [-0.25, -0.2) is 4.98 Å². The maximum absolute atomic E-state index is 13.0. The van der Waals surface area contributed by atoms with Gasteiger partial charge in [-0.15, -0.1) is 0 Å². The van der Waals surface area contributed by atoms with E-state index in [0.717, 1.165) is 22.9 Å². The number of carbonyl (C=O) groups excluding carboxylic acids is 2. The van der Waals surface area contributed by atoms with Crippen LogP contribution in [0.25, 0.3) is 0 Å². The molecule has 1 fully saturated rings. The summed E-state index contributed by atoms with van der Waals surface area (Å²) < 4.78 is 4.13. The number of nitrogens with one attached hydrogen (secondary N) is 1. The molecule has 160 valence electrons. The Bertz CT molecular complexity index is 1080. The van der Waals surface area contributed by atoms with Gasteiger partial charge in [0.1, 0.15) is 10.7 Å². The van der Waals surface area contributed by atoms with E-state index >= 15 is 0 Å². The molecule has 2 amide bonds. The minimum atomic E-state index is -0.437. The average Bonchev–Trinajstić information content (AvgIpc) is 3.20. The van der Waals surface area contributed by atoms with Crippen LogP contribution in [0.15, 0.2) is 48.7 Å². The summed E-state index contributed by atoms with van der Waals surface area (Å²) in [7, 11) is 0. The molecule has 1 aliphatic heterocycles. The summed E-state index contributed by atoms with van der Waals surface area (Å²) in [5.74, 6) is 0.248. The molecule has 4 rings (SSSR count). The van der Waals surface area contributed by atoms with Gasteiger partial charge < -0.3 is 20.9 Å². The van der Waals surface area contributed by atoms with Crippen LogP contribution in [-0.4, -0.2) is 52.3 Å². The van der Waals surface area contributed by atoms with Crippen molar-refractivity contribution in [3.8, 4) is 0 Å². The zero-order valence-corrected chi connectivity index (χ0v) is 18.2. The number of carbonyl (C=O) groups is 2. The molecular formula is C21H21ClN6O2S. The molecule has 3 aromatic rings. The monoisotopic (exact) mass is 456 g/mol. The first-order chi connectivity index (χ1) is 15.0. The van der Waals surface area contributed by atoms with Gasteiger partial charge in [-0.2, -0.15) is 4.37 Å². The number of nitrogens with two attached hydrogens (primary N) is 1. The third kappa shape index (κ3) is 4.62. The van der Waals surface area contributed by atoms with Crippen molar-refractivity contribution in [2.24, 2.45) is 0 Å². The molecule has 31 heavy (non-hydrogen) atoms. The summed E-state index contributed by atoms with van der Waals surface area (Å²) in [5.41, 5.74) is 7.08. The molecule has 1 saturated heterocycles. The number of benzene rings is 1. The first-order valence-electron chi connectivity index (χ1n) is 9.76. The summed E-state index contributed by atoms with van der Waals surface area (Å²) in [6, 6.07) is 13.0. The molecular weight excluding hydrogens is 436 g/mol. The van der Waals surface area contributed by atoms with Gasteiger partial charge in [0.05, 0.1) is 5.69 Å². The fourth-order valence-electron chi connectivity index (χ4n) is 3.34.